The van der Waals surface area contributed by atoms with E-state index < -0.39 is 22.0 Å². The molecule has 0 saturated carbocycles. The summed E-state index contributed by atoms with van der Waals surface area (Å²) in [6, 6.07) is 0. The van der Waals surface area contributed by atoms with Gasteiger partial charge in [-0.2, -0.15) is 0 Å². The smallest absolute Gasteiger partial charge is 0.242 e. The lowest BCUT2D eigenvalue weighted by Gasteiger charge is -2.18. The number of aliphatic hydroxyl groups excluding tert-OH is 1. The Bertz CT molecular complexity index is 640. The Labute approximate surface area is 130 Å². The van der Waals surface area contributed by atoms with E-state index in [1.54, 1.807) is 23.9 Å². The van der Waals surface area contributed by atoms with Crippen LogP contribution < -0.4 is 0 Å². The molecule has 2 rings (SSSR count). The average molecular weight is 330 g/mol. The van der Waals surface area contributed by atoms with Crippen molar-refractivity contribution in [2.75, 3.05) is 32.9 Å². The van der Waals surface area contributed by atoms with Gasteiger partial charge < -0.3 is 14.6 Å². The van der Waals surface area contributed by atoms with Crippen LogP contribution >= 0.6 is 0 Å². The van der Waals surface area contributed by atoms with E-state index in [-0.39, 0.29) is 31.3 Å². The maximum atomic E-state index is 12.3. The fraction of sp³-hybridized carbons (Fsp3) is 0.692. The molecule has 0 unspecified atom stereocenters. The molecule has 1 amide bonds. The molecule has 9 heteroatoms. The van der Waals surface area contributed by atoms with E-state index >= 15 is 0 Å². The van der Waals surface area contributed by atoms with E-state index in [9.17, 15) is 18.3 Å². The third kappa shape index (κ3) is 3.65. The van der Waals surface area contributed by atoms with Crippen molar-refractivity contribution >= 4 is 15.9 Å². The number of β-amino-alcohol motifs (C(OH)–C–C–N with tert-alkyl or cyclic N) is 1. The first-order valence-electron chi connectivity index (χ1n) is 7.04. The van der Waals surface area contributed by atoms with Crippen molar-refractivity contribution in [1.82, 2.24) is 18.8 Å². The predicted octanol–water partition coefficient (Wildman–Crippen LogP) is -1.10. The summed E-state index contributed by atoms with van der Waals surface area (Å²) < 4.78 is 26.7. The maximum absolute atomic E-state index is 12.3. The molecule has 0 aromatic carbocycles. The van der Waals surface area contributed by atoms with Gasteiger partial charge in [0, 0.05) is 45.5 Å². The molecule has 1 saturated heterocycles. The van der Waals surface area contributed by atoms with Gasteiger partial charge in [-0.3, -0.25) is 4.79 Å². The minimum absolute atomic E-state index is 0.145. The lowest BCUT2D eigenvalue weighted by molar-refractivity contribution is -0.131. The molecule has 1 fully saturated rings. The van der Waals surface area contributed by atoms with Crippen LogP contribution in [0.15, 0.2) is 12.4 Å². The fourth-order valence-corrected chi connectivity index (χ4v) is 3.62. The molecule has 0 bridgehead atoms. The number of carbonyl (C=O) groups is 1. The second kappa shape index (κ2) is 6.35. The van der Waals surface area contributed by atoms with Crippen LogP contribution in [0.25, 0.3) is 0 Å². The van der Waals surface area contributed by atoms with Gasteiger partial charge in [0.05, 0.1) is 11.9 Å². The maximum Gasteiger partial charge on any atom is 0.242 e. The number of hydrogen-bond donors (Lipinski definition) is 1. The van der Waals surface area contributed by atoms with Crippen LogP contribution in [0, 0.1) is 12.8 Å². The molecule has 0 spiro atoms. The molecule has 22 heavy (non-hydrogen) atoms. The predicted molar refractivity (Wildman–Crippen MR) is 80.5 cm³/mol. The Morgan fingerprint density at radius 3 is 2.68 bits per heavy atom. The third-order valence-corrected chi connectivity index (χ3v) is 5.93. The Kier molecular flexibility index (Phi) is 4.88. The van der Waals surface area contributed by atoms with Gasteiger partial charge in [0.15, 0.2) is 0 Å². The Hall–Kier alpha value is -1.45. The van der Waals surface area contributed by atoms with Gasteiger partial charge in [0.2, 0.25) is 15.9 Å². The van der Waals surface area contributed by atoms with E-state index in [0.29, 0.717) is 0 Å². The number of carbonyl (C=O) groups excluding carboxylic acids is 1. The van der Waals surface area contributed by atoms with Gasteiger partial charge in [0.1, 0.15) is 12.4 Å². The number of likely N-dealkylation sites (tertiary alicyclic amines) is 1. The Morgan fingerprint density at radius 2 is 2.14 bits per heavy atom. The molecule has 8 nitrogen and oxygen atoms in total. The average Bonchev–Trinajstić information content (AvgIpc) is 2.97. The topological polar surface area (TPSA) is 95.7 Å². The summed E-state index contributed by atoms with van der Waals surface area (Å²) >= 11 is 0. The highest BCUT2D eigenvalue weighted by molar-refractivity contribution is 7.89. The number of hydrogen-bond acceptors (Lipinski definition) is 5. The minimum atomic E-state index is -3.40. The van der Waals surface area contributed by atoms with Crippen LogP contribution in [0.2, 0.25) is 0 Å². The lowest BCUT2D eigenvalue weighted by atomic mass is 10.1. The molecule has 0 aliphatic carbocycles. The number of rotatable bonds is 5. The van der Waals surface area contributed by atoms with Gasteiger partial charge in [0.25, 0.3) is 0 Å². The van der Waals surface area contributed by atoms with E-state index in [1.807, 2.05) is 0 Å². The largest absolute Gasteiger partial charge is 0.391 e. The molecular weight excluding hydrogens is 308 g/mol. The summed E-state index contributed by atoms with van der Waals surface area (Å²) in [6.07, 6.45) is 2.52. The number of aromatic nitrogens is 2. The summed E-state index contributed by atoms with van der Waals surface area (Å²) in [5.41, 5.74) is 0. The van der Waals surface area contributed by atoms with Crippen molar-refractivity contribution in [3.05, 3.63) is 18.2 Å². The zero-order valence-corrected chi connectivity index (χ0v) is 13.8. The molecule has 1 aliphatic heterocycles. The van der Waals surface area contributed by atoms with E-state index in [1.165, 1.54) is 19.0 Å². The van der Waals surface area contributed by atoms with Gasteiger partial charge in [-0.1, -0.05) is 0 Å². The highest BCUT2D eigenvalue weighted by Gasteiger charge is 2.37. The second-order valence-corrected chi connectivity index (χ2v) is 8.02. The highest BCUT2D eigenvalue weighted by atomic mass is 32.2. The molecule has 1 aromatic rings. The summed E-state index contributed by atoms with van der Waals surface area (Å²) in [5.74, 6) is -0.0281. The first-order valence-corrected chi connectivity index (χ1v) is 8.65. The Morgan fingerprint density at radius 1 is 1.45 bits per heavy atom. The molecule has 124 valence electrons. The van der Waals surface area contributed by atoms with Crippen LogP contribution in [-0.4, -0.2) is 77.2 Å². The number of aryl methyl sites for hydroxylation is 1. The number of amides is 1. The van der Waals surface area contributed by atoms with Crippen molar-refractivity contribution in [3.63, 3.8) is 0 Å². The molecule has 2 atom stereocenters. The first-order chi connectivity index (χ1) is 10.2. The monoisotopic (exact) mass is 330 g/mol. The summed E-state index contributed by atoms with van der Waals surface area (Å²) in [6.45, 7) is 2.37. The SMILES string of the molecule is Cc1nccn1CC(=O)N1C[C@@H](CS(=O)(=O)N(C)C)[C@H](O)C1. The van der Waals surface area contributed by atoms with Crippen molar-refractivity contribution in [2.45, 2.75) is 19.6 Å². The Balaban J connectivity index is 1.98. The number of imidazole rings is 1. The standard InChI is InChI=1S/C13H22N4O4S/c1-10-14-4-5-16(10)8-13(19)17-6-11(12(18)7-17)9-22(20,21)15(2)3/h4-5,11-12,18H,6-9H2,1-3H3/t11-,12+/m0/s1. The van der Waals surface area contributed by atoms with E-state index in [4.69, 9.17) is 0 Å². The van der Waals surface area contributed by atoms with Crippen molar-refractivity contribution in [3.8, 4) is 0 Å². The fourth-order valence-electron chi connectivity index (χ4n) is 2.46. The van der Waals surface area contributed by atoms with Crippen LogP contribution in [0.5, 0.6) is 0 Å². The van der Waals surface area contributed by atoms with Gasteiger partial charge in [-0.15, -0.1) is 0 Å². The van der Waals surface area contributed by atoms with Crippen molar-refractivity contribution < 1.29 is 18.3 Å². The quantitative estimate of drug-likeness (QED) is 0.739. The van der Waals surface area contributed by atoms with Crippen LogP contribution in [0.3, 0.4) is 0 Å². The lowest BCUT2D eigenvalue weighted by Crippen LogP contribution is -2.34. The number of sulfonamides is 1. The molecule has 0 radical (unpaired) electrons. The summed E-state index contributed by atoms with van der Waals surface area (Å²) in [5, 5.41) is 10.0. The molecule has 1 N–H and O–H groups in total. The third-order valence-electron chi connectivity index (χ3n) is 3.97. The zero-order valence-electron chi connectivity index (χ0n) is 13.0. The first kappa shape index (κ1) is 16.9. The summed E-state index contributed by atoms with van der Waals surface area (Å²) in [7, 11) is -0.481. The summed E-state index contributed by atoms with van der Waals surface area (Å²) in [4.78, 5) is 17.8. The van der Waals surface area contributed by atoms with Crippen LogP contribution in [0.4, 0.5) is 0 Å². The van der Waals surface area contributed by atoms with Gasteiger partial charge in [-0.05, 0) is 6.92 Å². The van der Waals surface area contributed by atoms with Gasteiger partial charge >= 0.3 is 0 Å². The van der Waals surface area contributed by atoms with Crippen LogP contribution in [0.1, 0.15) is 5.82 Å². The van der Waals surface area contributed by atoms with E-state index in [0.717, 1.165) is 10.1 Å². The molecule has 1 aromatic heterocycles. The van der Waals surface area contributed by atoms with Crippen molar-refractivity contribution in [1.29, 1.82) is 0 Å². The molecule has 2 heterocycles. The molecular formula is C13H22N4O4S. The number of nitrogens with zero attached hydrogens (tertiary/aromatic N) is 4. The highest BCUT2D eigenvalue weighted by Crippen LogP contribution is 2.20. The van der Waals surface area contributed by atoms with Crippen LogP contribution in [-0.2, 0) is 21.4 Å². The van der Waals surface area contributed by atoms with E-state index in [2.05, 4.69) is 4.98 Å². The van der Waals surface area contributed by atoms with Crippen molar-refractivity contribution in [2.24, 2.45) is 5.92 Å². The minimum Gasteiger partial charge on any atom is -0.391 e. The second-order valence-electron chi connectivity index (χ2n) is 5.79. The normalized spacial score (nSPS) is 22.5. The zero-order chi connectivity index (χ0) is 16.5. The molecule has 1 aliphatic rings. The number of aliphatic hydroxyl groups is 1. The van der Waals surface area contributed by atoms with Gasteiger partial charge in [-0.25, -0.2) is 17.7 Å².